The highest BCUT2D eigenvalue weighted by atomic mass is 35.5. The van der Waals surface area contributed by atoms with Gasteiger partial charge in [0.05, 0.1) is 10.9 Å². The first kappa shape index (κ1) is 21.6. The van der Waals surface area contributed by atoms with Crippen molar-refractivity contribution in [2.24, 2.45) is 0 Å². The molecule has 0 fully saturated rings. The number of aryl methyl sites for hydroxylation is 1. The molecule has 1 atom stereocenters. The van der Waals surface area contributed by atoms with Gasteiger partial charge in [0, 0.05) is 35.6 Å². The standard InChI is InChI=1S/C22H19ClF3N3OS/c1-3-20(30)28-10-16(15-9-19(23)31-18(15)12-28)13-7-5-6-8-14(13)17-11-29(4-2)27-21(17)22(24,25)26/h3,5-9,11,16H,1,4,10,12H2,2H3/t16-/m1/s1. The van der Waals surface area contributed by atoms with Crippen LogP contribution in [0.3, 0.4) is 0 Å². The maximum absolute atomic E-state index is 13.8. The van der Waals surface area contributed by atoms with Gasteiger partial charge in [-0.3, -0.25) is 9.48 Å². The highest BCUT2D eigenvalue weighted by molar-refractivity contribution is 7.16. The predicted molar refractivity (Wildman–Crippen MR) is 115 cm³/mol. The lowest BCUT2D eigenvalue weighted by Gasteiger charge is -2.33. The van der Waals surface area contributed by atoms with Crippen molar-refractivity contribution in [3.8, 4) is 11.1 Å². The van der Waals surface area contributed by atoms with Crippen molar-refractivity contribution in [2.45, 2.75) is 32.1 Å². The van der Waals surface area contributed by atoms with Gasteiger partial charge in [-0.05, 0) is 35.8 Å². The summed E-state index contributed by atoms with van der Waals surface area (Å²) in [5.41, 5.74) is 1.19. The van der Waals surface area contributed by atoms with Crippen LogP contribution in [0.1, 0.15) is 34.5 Å². The topological polar surface area (TPSA) is 38.1 Å². The van der Waals surface area contributed by atoms with Crippen LogP contribution in [-0.4, -0.2) is 27.1 Å². The molecule has 0 N–H and O–H groups in total. The normalized spacial score (nSPS) is 16.3. The molecule has 0 saturated heterocycles. The van der Waals surface area contributed by atoms with Crippen LogP contribution in [0.5, 0.6) is 0 Å². The van der Waals surface area contributed by atoms with Crippen LogP contribution >= 0.6 is 22.9 Å². The van der Waals surface area contributed by atoms with E-state index in [-0.39, 0.29) is 17.4 Å². The van der Waals surface area contributed by atoms with Gasteiger partial charge in [-0.2, -0.15) is 18.3 Å². The Balaban J connectivity index is 1.89. The van der Waals surface area contributed by atoms with E-state index >= 15 is 0 Å². The number of hydrogen-bond acceptors (Lipinski definition) is 3. The first-order valence-electron chi connectivity index (χ1n) is 9.66. The molecule has 0 bridgehead atoms. The van der Waals surface area contributed by atoms with E-state index in [1.165, 1.54) is 28.3 Å². The molecule has 1 amide bonds. The summed E-state index contributed by atoms with van der Waals surface area (Å²) < 4.78 is 43.1. The van der Waals surface area contributed by atoms with E-state index in [0.717, 1.165) is 10.4 Å². The van der Waals surface area contributed by atoms with Gasteiger partial charge in [-0.25, -0.2) is 0 Å². The molecule has 3 aromatic rings. The number of carbonyl (C=O) groups excluding carboxylic acids is 1. The lowest BCUT2D eigenvalue weighted by Crippen LogP contribution is -2.37. The van der Waals surface area contributed by atoms with E-state index < -0.39 is 11.9 Å². The number of thiophene rings is 1. The Morgan fingerprint density at radius 2 is 2.06 bits per heavy atom. The Kier molecular flexibility index (Phi) is 5.70. The Hall–Kier alpha value is -2.58. The van der Waals surface area contributed by atoms with Crippen LogP contribution in [0.25, 0.3) is 11.1 Å². The lowest BCUT2D eigenvalue weighted by molar-refractivity contribution is -0.141. The first-order valence-corrected chi connectivity index (χ1v) is 10.9. The summed E-state index contributed by atoms with van der Waals surface area (Å²) in [6, 6.07) is 8.82. The molecule has 1 aliphatic rings. The molecule has 31 heavy (non-hydrogen) atoms. The average Bonchev–Trinajstić information content (AvgIpc) is 3.35. The van der Waals surface area contributed by atoms with Crippen molar-refractivity contribution in [3.63, 3.8) is 0 Å². The second-order valence-electron chi connectivity index (χ2n) is 7.24. The summed E-state index contributed by atoms with van der Waals surface area (Å²) in [5, 5.41) is 3.76. The molecule has 1 aliphatic heterocycles. The van der Waals surface area contributed by atoms with Gasteiger partial charge in [-0.1, -0.05) is 42.4 Å². The zero-order valence-electron chi connectivity index (χ0n) is 16.6. The maximum atomic E-state index is 13.8. The number of hydrogen-bond donors (Lipinski definition) is 0. The minimum Gasteiger partial charge on any atom is -0.333 e. The van der Waals surface area contributed by atoms with Crippen LogP contribution < -0.4 is 0 Å². The smallest absolute Gasteiger partial charge is 0.333 e. The summed E-state index contributed by atoms with van der Waals surface area (Å²) in [6.45, 7) is 6.34. The highest BCUT2D eigenvalue weighted by Crippen LogP contribution is 2.44. The second-order valence-corrected chi connectivity index (χ2v) is 9.00. The van der Waals surface area contributed by atoms with E-state index in [4.69, 9.17) is 11.6 Å². The van der Waals surface area contributed by atoms with Crippen LogP contribution in [-0.2, 0) is 24.1 Å². The van der Waals surface area contributed by atoms with E-state index in [1.54, 1.807) is 36.1 Å². The monoisotopic (exact) mass is 465 g/mol. The molecule has 4 rings (SSSR count). The molecule has 0 spiro atoms. The van der Waals surface area contributed by atoms with Crippen LogP contribution in [0, 0.1) is 0 Å². The van der Waals surface area contributed by atoms with Gasteiger partial charge in [0.25, 0.3) is 0 Å². The average molecular weight is 466 g/mol. The van der Waals surface area contributed by atoms with Gasteiger partial charge in [0.1, 0.15) is 0 Å². The fourth-order valence-electron chi connectivity index (χ4n) is 3.98. The van der Waals surface area contributed by atoms with Gasteiger partial charge in [0.15, 0.2) is 5.69 Å². The van der Waals surface area contributed by atoms with Crippen molar-refractivity contribution < 1.29 is 18.0 Å². The molecule has 0 radical (unpaired) electrons. The van der Waals surface area contributed by atoms with E-state index in [0.29, 0.717) is 35.1 Å². The molecule has 162 valence electrons. The minimum atomic E-state index is -4.59. The number of aromatic nitrogens is 2. The quantitative estimate of drug-likeness (QED) is 0.445. The van der Waals surface area contributed by atoms with Gasteiger partial charge in [-0.15, -0.1) is 11.3 Å². The summed E-state index contributed by atoms with van der Waals surface area (Å²) in [4.78, 5) is 14.9. The summed E-state index contributed by atoms with van der Waals surface area (Å²) >= 11 is 7.64. The third-order valence-electron chi connectivity index (χ3n) is 5.39. The van der Waals surface area contributed by atoms with Crippen molar-refractivity contribution >= 4 is 28.8 Å². The summed E-state index contributed by atoms with van der Waals surface area (Å²) in [7, 11) is 0. The van der Waals surface area contributed by atoms with Gasteiger partial charge < -0.3 is 4.90 Å². The molecule has 9 heteroatoms. The number of halogens is 4. The molecular weight excluding hydrogens is 447 g/mol. The molecule has 1 aromatic carbocycles. The van der Waals surface area contributed by atoms with Crippen molar-refractivity contribution in [3.05, 3.63) is 75.2 Å². The Labute approximate surface area is 186 Å². The van der Waals surface area contributed by atoms with E-state index in [2.05, 4.69) is 11.7 Å². The molecule has 0 aliphatic carbocycles. The molecule has 3 heterocycles. The van der Waals surface area contributed by atoms with Crippen molar-refractivity contribution in [1.82, 2.24) is 14.7 Å². The number of rotatable bonds is 4. The Morgan fingerprint density at radius 3 is 2.74 bits per heavy atom. The fourth-order valence-corrected chi connectivity index (χ4v) is 5.34. The highest BCUT2D eigenvalue weighted by Gasteiger charge is 2.39. The first-order chi connectivity index (χ1) is 14.7. The zero-order chi connectivity index (χ0) is 22.3. The van der Waals surface area contributed by atoms with Crippen LogP contribution in [0.4, 0.5) is 13.2 Å². The lowest BCUT2D eigenvalue weighted by atomic mass is 9.84. The zero-order valence-corrected chi connectivity index (χ0v) is 18.2. The number of amides is 1. The number of alkyl halides is 3. The maximum Gasteiger partial charge on any atom is 0.435 e. The van der Waals surface area contributed by atoms with Crippen molar-refractivity contribution in [2.75, 3.05) is 6.54 Å². The van der Waals surface area contributed by atoms with Gasteiger partial charge in [0.2, 0.25) is 5.91 Å². The van der Waals surface area contributed by atoms with Crippen molar-refractivity contribution in [1.29, 1.82) is 0 Å². The Bertz CT molecular complexity index is 1150. The number of fused-ring (bicyclic) bond motifs is 1. The largest absolute Gasteiger partial charge is 0.435 e. The third kappa shape index (κ3) is 4.02. The van der Waals surface area contributed by atoms with E-state index in [1.807, 2.05) is 6.07 Å². The second kappa shape index (κ2) is 8.16. The molecule has 0 saturated carbocycles. The number of benzene rings is 1. The number of nitrogens with zero attached hydrogens (tertiary/aromatic N) is 3. The third-order valence-corrected chi connectivity index (χ3v) is 6.66. The van der Waals surface area contributed by atoms with Crippen LogP contribution in [0.15, 0.2) is 49.2 Å². The predicted octanol–water partition coefficient (Wildman–Crippen LogP) is 5.96. The molecule has 0 unspecified atom stereocenters. The molecular formula is C22H19ClF3N3OS. The van der Waals surface area contributed by atoms with E-state index in [9.17, 15) is 18.0 Å². The SMILES string of the molecule is C=CC(=O)N1Cc2sc(Cl)cc2[C@@H](c2ccccc2-c2cn(CC)nc2C(F)(F)F)C1. The van der Waals surface area contributed by atoms with Gasteiger partial charge >= 0.3 is 6.18 Å². The fraction of sp³-hybridized carbons (Fsp3) is 0.273. The molecule has 2 aromatic heterocycles. The van der Waals surface area contributed by atoms with Crippen LogP contribution in [0.2, 0.25) is 4.34 Å². The minimum absolute atomic E-state index is 0.0278. The summed E-state index contributed by atoms with van der Waals surface area (Å²) in [6.07, 6.45) is -1.91. The Morgan fingerprint density at radius 1 is 1.32 bits per heavy atom. The summed E-state index contributed by atoms with van der Waals surface area (Å²) in [5.74, 6) is -0.550. The number of carbonyl (C=O) groups is 1. The molecule has 4 nitrogen and oxygen atoms in total.